The van der Waals surface area contributed by atoms with Gasteiger partial charge in [0, 0.05) is 0 Å². The number of thiazole rings is 1. The van der Waals surface area contributed by atoms with Gasteiger partial charge in [-0.1, -0.05) is 36.5 Å². The molecule has 2 rings (SSSR count). The first-order valence-electron chi connectivity index (χ1n) is 6.72. The Bertz CT molecular complexity index is 754. The van der Waals surface area contributed by atoms with Gasteiger partial charge in [0.05, 0.1) is 16.5 Å². The highest BCUT2D eigenvalue weighted by Gasteiger charge is 2.23. The molecule has 22 heavy (non-hydrogen) atoms. The molecule has 0 saturated carbocycles. The summed E-state index contributed by atoms with van der Waals surface area (Å²) in [5, 5.41) is 0.841. The zero-order valence-corrected chi connectivity index (χ0v) is 13.8. The number of esters is 1. The quantitative estimate of drug-likeness (QED) is 0.817. The molecule has 0 atom stereocenters. The summed E-state index contributed by atoms with van der Waals surface area (Å²) in [7, 11) is -3.77. The summed E-state index contributed by atoms with van der Waals surface area (Å²) in [5.41, 5.74) is 0.00297. The van der Waals surface area contributed by atoms with Gasteiger partial charge >= 0.3 is 5.97 Å². The summed E-state index contributed by atoms with van der Waals surface area (Å²) in [6, 6.07) is 7.95. The second-order valence-corrected chi connectivity index (χ2v) is 7.04. The minimum atomic E-state index is -3.77. The van der Waals surface area contributed by atoms with E-state index in [2.05, 4.69) is 9.71 Å². The third-order valence-corrected chi connectivity index (χ3v) is 5.33. The molecule has 0 radical (unpaired) electrons. The molecule has 0 fully saturated rings. The van der Waals surface area contributed by atoms with Gasteiger partial charge in [0.15, 0.2) is 5.69 Å². The molecule has 0 unspecified atom stereocenters. The number of nitrogens with zero attached hydrogens (tertiary/aromatic N) is 1. The van der Waals surface area contributed by atoms with E-state index < -0.39 is 16.0 Å². The van der Waals surface area contributed by atoms with Crippen molar-refractivity contribution in [3.8, 4) is 0 Å². The number of rotatable bonds is 6. The van der Waals surface area contributed by atoms with Crippen molar-refractivity contribution in [1.82, 2.24) is 4.98 Å². The number of aromatic nitrogens is 1. The molecule has 1 heterocycles. The van der Waals surface area contributed by atoms with Crippen LogP contribution in [0.15, 0.2) is 35.2 Å². The van der Waals surface area contributed by atoms with Crippen LogP contribution < -0.4 is 4.72 Å². The maximum Gasteiger partial charge on any atom is 0.360 e. The van der Waals surface area contributed by atoms with Gasteiger partial charge in [-0.2, -0.15) is 0 Å². The van der Waals surface area contributed by atoms with Crippen LogP contribution in [0.5, 0.6) is 0 Å². The van der Waals surface area contributed by atoms with Gasteiger partial charge in [-0.3, -0.25) is 4.72 Å². The van der Waals surface area contributed by atoms with E-state index in [4.69, 9.17) is 4.74 Å². The fourth-order valence-corrected chi connectivity index (χ4v) is 3.92. The molecule has 2 aromatic rings. The number of benzene rings is 1. The normalized spacial score (nSPS) is 11.2. The number of hydrogen-bond acceptors (Lipinski definition) is 6. The van der Waals surface area contributed by atoms with Crippen LogP contribution in [0, 0.1) is 0 Å². The number of carbonyl (C=O) groups excluding carboxylic acids is 1. The van der Waals surface area contributed by atoms with Crippen LogP contribution >= 0.6 is 11.3 Å². The Morgan fingerprint density at radius 2 is 1.95 bits per heavy atom. The number of anilines is 1. The Kier molecular flexibility index (Phi) is 5.15. The molecule has 8 heteroatoms. The van der Waals surface area contributed by atoms with E-state index in [1.54, 1.807) is 25.1 Å². The van der Waals surface area contributed by atoms with Crippen molar-refractivity contribution in [3.63, 3.8) is 0 Å². The van der Waals surface area contributed by atoms with Crippen molar-refractivity contribution in [2.24, 2.45) is 0 Å². The van der Waals surface area contributed by atoms with Gasteiger partial charge in [-0.25, -0.2) is 18.2 Å². The number of sulfonamides is 1. The van der Waals surface area contributed by atoms with Crippen LogP contribution in [0.4, 0.5) is 5.00 Å². The third-order valence-electron chi connectivity index (χ3n) is 2.72. The van der Waals surface area contributed by atoms with E-state index in [9.17, 15) is 13.2 Å². The smallest absolute Gasteiger partial charge is 0.360 e. The summed E-state index contributed by atoms with van der Waals surface area (Å²) >= 11 is 1.13. The third kappa shape index (κ3) is 3.63. The molecule has 118 valence electrons. The summed E-state index contributed by atoms with van der Waals surface area (Å²) < 4.78 is 32.0. The Labute approximate surface area is 133 Å². The van der Waals surface area contributed by atoms with Gasteiger partial charge < -0.3 is 4.74 Å². The molecule has 1 aromatic heterocycles. The molecule has 0 aliphatic heterocycles. The zero-order chi connectivity index (χ0) is 16.2. The first-order valence-corrected chi connectivity index (χ1v) is 9.02. The average molecular weight is 340 g/mol. The van der Waals surface area contributed by atoms with Crippen molar-refractivity contribution in [3.05, 3.63) is 41.0 Å². The summed E-state index contributed by atoms with van der Waals surface area (Å²) in [5.74, 6) is -0.635. The van der Waals surface area contributed by atoms with Gasteiger partial charge in [-0.05, 0) is 25.5 Å². The molecule has 6 nitrogen and oxygen atoms in total. The Hall–Kier alpha value is -1.93. The number of ether oxygens (including phenoxy) is 1. The van der Waals surface area contributed by atoms with Crippen molar-refractivity contribution < 1.29 is 17.9 Å². The van der Waals surface area contributed by atoms with Crippen LogP contribution in [0.2, 0.25) is 0 Å². The predicted octanol–water partition coefficient (Wildman–Crippen LogP) is 2.68. The first kappa shape index (κ1) is 16.4. The molecule has 0 saturated heterocycles. The number of carbonyl (C=O) groups is 1. The second kappa shape index (κ2) is 6.89. The van der Waals surface area contributed by atoms with Gasteiger partial charge in [0.1, 0.15) is 5.00 Å². The highest BCUT2D eigenvalue weighted by Crippen LogP contribution is 2.28. The second-order valence-electron chi connectivity index (χ2n) is 4.28. The van der Waals surface area contributed by atoms with Crippen molar-refractivity contribution >= 4 is 32.3 Å². The van der Waals surface area contributed by atoms with E-state index in [1.165, 1.54) is 12.1 Å². The lowest BCUT2D eigenvalue weighted by atomic mass is 10.4. The van der Waals surface area contributed by atoms with Crippen LogP contribution in [0.1, 0.15) is 29.3 Å². The number of aryl methyl sites for hydroxylation is 1. The number of nitrogens with one attached hydrogen (secondary N) is 1. The fourth-order valence-electron chi connectivity index (χ4n) is 1.70. The van der Waals surface area contributed by atoms with Crippen molar-refractivity contribution in [2.45, 2.75) is 25.2 Å². The Morgan fingerprint density at radius 3 is 2.55 bits per heavy atom. The lowest BCUT2D eigenvalue weighted by Crippen LogP contribution is -2.15. The van der Waals surface area contributed by atoms with E-state index in [0.717, 1.165) is 11.3 Å². The maximum atomic E-state index is 12.3. The highest BCUT2D eigenvalue weighted by atomic mass is 32.2. The van der Waals surface area contributed by atoms with Crippen LogP contribution in [0.3, 0.4) is 0 Å². The van der Waals surface area contributed by atoms with Crippen LogP contribution in [0.25, 0.3) is 0 Å². The molecule has 0 bridgehead atoms. The van der Waals surface area contributed by atoms with Crippen LogP contribution in [-0.2, 0) is 21.2 Å². The minimum absolute atomic E-state index is 0.00297. The monoisotopic (exact) mass is 340 g/mol. The molecule has 0 aliphatic carbocycles. The molecule has 0 aliphatic rings. The Morgan fingerprint density at radius 1 is 1.27 bits per heavy atom. The Balaban J connectivity index is 2.36. The molecular formula is C14H16N2O4S2. The van der Waals surface area contributed by atoms with Crippen molar-refractivity contribution in [2.75, 3.05) is 11.3 Å². The maximum absolute atomic E-state index is 12.3. The summed E-state index contributed by atoms with van der Waals surface area (Å²) in [6.45, 7) is 3.75. The van der Waals surface area contributed by atoms with Gasteiger partial charge in [0.2, 0.25) is 0 Å². The molecule has 0 amide bonds. The lowest BCUT2D eigenvalue weighted by Gasteiger charge is -2.07. The lowest BCUT2D eigenvalue weighted by molar-refractivity contribution is 0.0521. The molecule has 1 N–H and O–H groups in total. The largest absolute Gasteiger partial charge is 0.461 e. The SMILES string of the molecule is CCOC(=O)c1nc(CC)sc1NS(=O)(=O)c1ccccc1. The van der Waals surface area contributed by atoms with Gasteiger partial charge in [-0.15, -0.1) is 0 Å². The van der Waals surface area contributed by atoms with E-state index in [1.807, 2.05) is 6.92 Å². The summed E-state index contributed by atoms with van der Waals surface area (Å²) in [4.78, 5) is 16.2. The standard InChI is InChI=1S/C14H16N2O4S2/c1-3-11-15-12(14(17)20-4-2)13(21-11)16-22(18,19)10-8-6-5-7-9-10/h5-9,16H,3-4H2,1-2H3. The molecular weight excluding hydrogens is 324 g/mol. The topological polar surface area (TPSA) is 85.4 Å². The summed E-state index contributed by atoms with van der Waals surface area (Å²) in [6.07, 6.45) is 0.601. The molecule has 0 spiro atoms. The average Bonchev–Trinajstić information content (AvgIpc) is 2.91. The predicted molar refractivity (Wildman–Crippen MR) is 84.7 cm³/mol. The zero-order valence-electron chi connectivity index (χ0n) is 12.2. The minimum Gasteiger partial charge on any atom is -0.461 e. The van der Waals surface area contributed by atoms with Crippen LogP contribution in [-0.4, -0.2) is 26.0 Å². The number of hydrogen-bond donors (Lipinski definition) is 1. The molecule has 1 aromatic carbocycles. The highest BCUT2D eigenvalue weighted by molar-refractivity contribution is 7.93. The first-order chi connectivity index (χ1) is 10.5. The van der Waals surface area contributed by atoms with E-state index in [-0.39, 0.29) is 22.2 Å². The van der Waals surface area contributed by atoms with E-state index >= 15 is 0 Å². The van der Waals surface area contributed by atoms with Gasteiger partial charge in [0.25, 0.3) is 10.0 Å². The van der Waals surface area contributed by atoms with Crippen molar-refractivity contribution in [1.29, 1.82) is 0 Å². The van der Waals surface area contributed by atoms with E-state index in [0.29, 0.717) is 11.4 Å². The fraction of sp³-hybridized carbons (Fsp3) is 0.286.